The number of aliphatic hydroxyl groups excluding tert-OH is 1. The summed E-state index contributed by atoms with van der Waals surface area (Å²) >= 11 is 0. The Kier molecular flexibility index (Phi) is 8.94. The second kappa shape index (κ2) is 10.5. The molecule has 3 nitrogen and oxygen atoms in total. The van der Waals surface area contributed by atoms with Crippen LogP contribution >= 0.6 is 0 Å². The van der Waals surface area contributed by atoms with Gasteiger partial charge in [0.05, 0.1) is 11.3 Å². The molecule has 0 amide bonds. The zero-order chi connectivity index (χ0) is 21.0. The Hall–Kier alpha value is -2.29. The van der Waals surface area contributed by atoms with Gasteiger partial charge in [0.25, 0.3) is 0 Å². The molecule has 0 aliphatic rings. The van der Waals surface area contributed by atoms with Gasteiger partial charge in [0.1, 0.15) is 0 Å². The van der Waals surface area contributed by atoms with E-state index in [2.05, 4.69) is 71.0 Å². The Bertz CT molecular complexity index is 1040. The van der Waals surface area contributed by atoms with Gasteiger partial charge in [0, 0.05) is 26.2 Å². The standard InChI is InChI=1S/C20H20N.C5H8O2.Ir/c1-12-6-7-19-17(8-12)11-15(4)20(21-19)18-9-13(2)16(5)14(3)10-18;1-4(6)3-5(2)7;/h6-9,11H,1-5H3;3,6H,1-2H3;/q-1;;/b;4-3-;. The molecular formula is C25H28IrNO2-. The molecule has 0 aliphatic heterocycles. The van der Waals surface area contributed by atoms with Gasteiger partial charge in [-0.15, -0.1) is 34.4 Å². The predicted molar refractivity (Wildman–Crippen MR) is 117 cm³/mol. The van der Waals surface area contributed by atoms with Crippen LogP contribution in [0.2, 0.25) is 0 Å². The molecule has 0 unspecified atom stereocenters. The number of ketones is 1. The second-order valence-corrected chi connectivity index (χ2v) is 7.36. The number of nitrogens with zero attached hydrogens (tertiary/aromatic N) is 1. The molecule has 0 saturated heterocycles. The number of fused-ring (bicyclic) bond motifs is 1. The van der Waals surface area contributed by atoms with Crippen LogP contribution in [0.15, 0.2) is 42.2 Å². The number of hydrogen-bond donors (Lipinski definition) is 1. The Balaban J connectivity index is 0.000000456. The molecule has 155 valence electrons. The van der Waals surface area contributed by atoms with Gasteiger partial charge in [-0.2, -0.15) is 0 Å². The molecule has 2 aromatic carbocycles. The molecule has 0 spiro atoms. The van der Waals surface area contributed by atoms with Crippen molar-refractivity contribution in [2.24, 2.45) is 0 Å². The van der Waals surface area contributed by atoms with Gasteiger partial charge in [0.2, 0.25) is 0 Å². The molecule has 1 aromatic heterocycles. The van der Waals surface area contributed by atoms with Crippen LogP contribution in [0.5, 0.6) is 0 Å². The Morgan fingerprint density at radius 2 is 1.66 bits per heavy atom. The number of benzene rings is 2. The number of pyridine rings is 1. The largest absolute Gasteiger partial charge is 0.512 e. The molecule has 1 N–H and O–H groups in total. The van der Waals surface area contributed by atoms with Crippen molar-refractivity contribution in [1.29, 1.82) is 0 Å². The summed E-state index contributed by atoms with van der Waals surface area (Å²) in [6, 6.07) is 14.3. The summed E-state index contributed by atoms with van der Waals surface area (Å²) in [5, 5.41) is 9.57. The third-order valence-corrected chi connectivity index (χ3v) is 4.67. The Labute approximate surface area is 187 Å². The van der Waals surface area contributed by atoms with Gasteiger partial charge in [-0.05, 0) is 50.9 Å². The Morgan fingerprint density at radius 1 is 1.00 bits per heavy atom. The van der Waals surface area contributed by atoms with Crippen LogP contribution in [-0.4, -0.2) is 15.9 Å². The molecule has 0 fully saturated rings. The van der Waals surface area contributed by atoms with E-state index in [1.54, 1.807) is 0 Å². The third-order valence-electron chi connectivity index (χ3n) is 4.67. The van der Waals surface area contributed by atoms with Crippen molar-refractivity contribution in [3.05, 3.63) is 76.1 Å². The van der Waals surface area contributed by atoms with Crippen molar-refractivity contribution in [3.8, 4) is 11.3 Å². The average molecular weight is 567 g/mol. The normalized spacial score (nSPS) is 10.8. The Morgan fingerprint density at radius 3 is 2.17 bits per heavy atom. The quantitative estimate of drug-likeness (QED) is 0.226. The fraction of sp³-hybridized carbons (Fsp3) is 0.280. The molecule has 3 aromatic rings. The molecule has 0 aliphatic carbocycles. The van der Waals surface area contributed by atoms with Crippen molar-refractivity contribution < 1.29 is 30.0 Å². The van der Waals surface area contributed by atoms with Crippen LogP contribution < -0.4 is 0 Å². The minimum atomic E-state index is -0.125. The van der Waals surface area contributed by atoms with Crippen molar-refractivity contribution in [1.82, 2.24) is 4.98 Å². The van der Waals surface area contributed by atoms with E-state index in [4.69, 9.17) is 10.1 Å². The molecule has 1 radical (unpaired) electrons. The summed E-state index contributed by atoms with van der Waals surface area (Å²) in [6.45, 7) is 13.5. The van der Waals surface area contributed by atoms with E-state index in [9.17, 15) is 4.79 Å². The van der Waals surface area contributed by atoms with Crippen molar-refractivity contribution in [2.45, 2.75) is 48.5 Å². The molecule has 29 heavy (non-hydrogen) atoms. The number of aryl methyl sites for hydroxylation is 4. The number of aliphatic hydroxyl groups is 1. The minimum Gasteiger partial charge on any atom is -0.512 e. The first-order valence-electron chi connectivity index (χ1n) is 9.35. The van der Waals surface area contributed by atoms with Crippen LogP contribution in [0.25, 0.3) is 22.2 Å². The maximum absolute atomic E-state index is 10.0. The summed E-state index contributed by atoms with van der Waals surface area (Å²) in [4.78, 5) is 14.9. The molecule has 0 atom stereocenters. The molecule has 0 saturated carbocycles. The number of rotatable bonds is 2. The van der Waals surface area contributed by atoms with Gasteiger partial charge in [-0.25, -0.2) is 0 Å². The van der Waals surface area contributed by atoms with Gasteiger partial charge in [0.15, 0.2) is 5.78 Å². The fourth-order valence-corrected chi connectivity index (χ4v) is 3.05. The fourth-order valence-electron chi connectivity index (χ4n) is 3.05. The summed E-state index contributed by atoms with van der Waals surface area (Å²) < 4.78 is 0. The number of aromatic nitrogens is 1. The van der Waals surface area contributed by atoms with Crippen molar-refractivity contribution in [3.63, 3.8) is 0 Å². The number of carbonyl (C=O) groups excluding carboxylic acids is 1. The molecule has 4 heteroatoms. The van der Waals surface area contributed by atoms with Crippen molar-refractivity contribution in [2.75, 3.05) is 0 Å². The summed E-state index contributed by atoms with van der Waals surface area (Å²) in [5.41, 5.74) is 9.46. The molecule has 0 bridgehead atoms. The maximum atomic E-state index is 10.0. The van der Waals surface area contributed by atoms with Crippen LogP contribution in [0, 0.1) is 40.7 Å². The van der Waals surface area contributed by atoms with E-state index in [1.807, 2.05) is 0 Å². The second-order valence-electron chi connectivity index (χ2n) is 7.36. The average Bonchev–Trinajstić information content (AvgIpc) is 2.58. The predicted octanol–water partition coefficient (Wildman–Crippen LogP) is 6.28. The smallest absolute Gasteiger partial charge is 0.155 e. The van der Waals surface area contributed by atoms with Gasteiger partial charge >= 0.3 is 0 Å². The van der Waals surface area contributed by atoms with Gasteiger partial charge in [-0.1, -0.05) is 44.0 Å². The number of hydrogen-bond acceptors (Lipinski definition) is 3. The summed E-state index contributed by atoms with van der Waals surface area (Å²) in [7, 11) is 0. The zero-order valence-corrected chi connectivity index (χ0v) is 20.5. The van der Waals surface area contributed by atoms with Gasteiger partial charge in [-0.3, -0.25) is 9.78 Å². The number of carbonyl (C=O) groups is 1. The number of allylic oxidation sites excluding steroid dienone is 2. The first-order chi connectivity index (χ1) is 13.1. The topological polar surface area (TPSA) is 50.2 Å². The summed E-state index contributed by atoms with van der Waals surface area (Å²) in [5.74, 6) is -0.0625. The first kappa shape index (κ1) is 24.7. The summed E-state index contributed by atoms with van der Waals surface area (Å²) in [6.07, 6.45) is 1.17. The molecule has 1 heterocycles. The zero-order valence-electron chi connectivity index (χ0n) is 18.1. The van der Waals surface area contributed by atoms with Crippen LogP contribution in [0.4, 0.5) is 0 Å². The van der Waals surface area contributed by atoms with Crippen molar-refractivity contribution >= 4 is 16.7 Å². The third kappa shape index (κ3) is 6.62. The first-order valence-corrected chi connectivity index (χ1v) is 9.35. The van der Waals surface area contributed by atoms with E-state index in [0.717, 1.165) is 16.8 Å². The molecular weight excluding hydrogens is 538 g/mol. The molecule has 3 rings (SSSR count). The van der Waals surface area contributed by atoms with E-state index < -0.39 is 0 Å². The van der Waals surface area contributed by atoms with Gasteiger partial charge < -0.3 is 5.11 Å². The van der Waals surface area contributed by atoms with Crippen LogP contribution in [0.3, 0.4) is 0 Å². The maximum Gasteiger partial charge on any atom is 0.155 e. The monoisotopic (exact) mass is 567 g/mol. The van der Waals surface area contributed by atoms with Crippen LogP contribution in [0.1, 0.15) is 41.7 Å². The van der Waals surface area contributed by atoms with E-state index in [-0.39, 0.29) is 31.6 Å². The van der Waals surface area contributed by atoms with E-state index >= 15 is 0 Å². The van der Waals surface area contributed by atoms with Crippen LogP contribution in [-0.2, 0) is 24.9 Å². The SMILES string of the molecule is CC(=O)/C=C(/C)O.Cc1ccc2nc(-c3[c-]c(C)c(C)c(C)c3)c(C)cc2c1.[Ir]. The van der Waals surface area contributed by atoms with E-state index in [0.29, 0.717) is 0 Å². The minimum absolute atomic E-state index is 0. The van der Waals surface area contributed by atoms with E-state index in [1.165, 1.54) is 53.1 Å².